The third-order valence-electron chi connectivity index (χ3n) is 3.74. The van der Waals surface area contributed by atoms with E-state index in [2.05, 4.69) is 5.32 Å². The molecule has 0 radical (unpaired) electrons. The van der Waals surface area contributed by atoms with Gasteiger partial charge in [-0.05, 0) is 31.5 Å². The van der Waals surface area contributed by atoms with Crippen LogP contribution in [0.5, 0.6) is 0 Å². The number of rotatable bonds is 4. The highest BCUT2D eigenvalue weighted by atomic mass is 35.5. The van der Waals surface area contributed by atoms with Gasteiger partial charge in [-0.1, -0.05) is 24.6 Å². The molecule has 1 aromatic carbocycles. The topological polar surface area (TPSA) is 49.4 Å². The molecule has 0 aliphatic carbocycles. The standard InChI is InChI=1S/C15H19ClN2O2/c1-3-10(2)18-9-11(7-14(18)19)15(20)17-13-6-4-5-12(16)8-13/h4-6,8,10-11H,3,7,9H2,1-2H3,(H,17,20). The molecule has 1 aliphatic rings. The summed E-state index contributed by atoms with van der Waals surface area (Å²) in [5.41, 5.74) is 0.664. The Morgan fingerprint density at radius 1 is 1.55 bits per heavy atom. The Kier molecular flexibility index (Phi) is 4.65. The molecule has 2 unspecified atom stereocenters. The smallest absolute Gasteiger partial charge is 0.229 e. The van der Waals surface area contributed by atoms with Crippen LogP contribution in [0, 0.1) is 5.92 Å². The number of nitrogens with one attached hydrogen (secondary N) is 1. The molecule has 1 aromatic rings. The minimum Gasteiger partial charge on any atom is -0.339 e. The summed E-state index contributed by atoms with van der Waals surface area (Å²) in [6, 6.07) is 7.20. The van der Waals surface area contributed by atoms with E-state index in [1.807, 2.05) is 13.8 Å². The average Bonchev–Trinajstić information content (AvgIpc) is 2.80. The number of nitrogens with zero attached hydrogens (tertiary/aromatic N) is 1. The number of carbonyl (C=O) groups excluding carboxylic acids is 2. The van der Waals surface area contributed by atoms with Gasteiger partial charge in [-0.2, -0.15) is 0 Å². The molecule has 1 aliphatic heterocycles. The highest BCUT2D eigenvalue weighted by Gasteiger charge is 2.36. The third kappa shape index (κ3) is 3.31. The van der Waals surface area contributed by atoms with E-state index < -0.39 is 0 Å². The van der Waals surface area contributed by atoms with Gasteiger partial charge >= 0.3 is 0 Å². The summed E-state index contributed by atoms with van der Waals surface area (Å²) in [7, 11) is 0. The number of benzene rings is 1. The molecule has 0 saturated carbocycles. The number of halogens is 1. The maximum atomic E-state index is 12.2. The summed E-state index contributed by atoms with van der Waals surface area (Å²) in [4.78, 5) is 25.9. The van der Waals surface area contributed by atoms with Crippen molar-refractivity contribution < 1.29 is 9.59 Å². The lowest BCUT2D eigenvalue weighted by molar-refractivity contribution is -0.129. The quantitative estimate of drug-likeness (QED) is 0.928. The van der Waals surface area contributed by atoms with Crippen LogP contribution in [0.3, 0.4) is 0 Å². The number of carbonyl (C=O) groups is 2. The Morgan fingerprint density at radius 3 is 2.95 bits per heavy atom. The Morgan fingerprint density at radius 2 is 2.30 bits per heavy atom. The van der Waals surface area contributed by atoms with Crippen molar-refractivity contribution in [2.24, 2.45) is 5.92 Å². The van der Waals surface area contributed by atoms with E-state index in [-0.39, 0.29) is 30.2 Å². The van der Waals surface area contributed by atoms with Crippen molar-refractivity contribution in [2.45, 2.75) is 32.7 Å². The first-order valence-corrected chi connectivity index (χ1v) is 7.25. The molecule has 2 amide bonds. The van der Waals surface area contributed by atoms with Gasteiger partial charge in [0.15, 0.2) is 0 Å². The Bertz CT molecular complexity index is 518. The van der Waals surface area contributed by atoms with E-state index >= 15 is 0 Å². The summed E-state index contributed by atoms with van der Waals surface area (Å²) >= 11 is 5.88. The summed E-state index contributed by atoms with van der Waals surface area (Å²) in [6.45, 7) is 4.55. The Labute approximate surface area is 124 Å². The fourth-order valence-corrected chi connectivity index (χ4v) is 2.55. The van der Waals surface area contributed by atoms with Gasteiger partial charge in [0.25, 0.3) is 0 Å². The van der Waals surface area contributed by atoms with Crippen LogP contribution in [0.2, 0.25) is 5.02 Å². The largest absolute Gasteiger partial charge is 0.339 e. The Hall–Kier alpha value is -1.55. The second-order valence-electron chi connectivity index (χ2n) is 5.20. The maximum Gasteiger partial charge on any atom is 0.229 e. The van der Waals surface area contributed by atoms with E-state index in [0.717, 1.165) is 6.42 Å². The first kappa shape index (κ1) is 14.9. The predicted molar refractivity (Wildman–Crippen MR) is 79.7 cm³/mol. The van der Waals surface area contributed by atoms with Crippen molar-refractivity contribution in [3.05, 3.63) is 29.3 Å². The van der Waals surface area contributed by atoms with Crippen LogP contribution in [-0.4, -0.2) is 29.3 Å². The monoisotopic (exact) mass is 294 g/mol. The van der Waals surface area contributed by atoms with Crippen LogP contribution in [0.4, 0.5) is 5.69 Å². The second kappa shape index (κ2) is 6.27. The van der Waals surface area contributed by atoms with Crippen LogP contribution in [-0.2, 0) is 9.59 Å². The molecule has 2 rings (SSSR count). The van der Waals surface area contributed by atoms with Gasteiger partial charge in [0.05, 0.1) is 5.92 Å². The molecule has 1 N–H and O–H groups in total. The fourth-order valence-electron chi connectivity index (χ4n) is 2.36. The van der Waals surface area contributed by atoms with Gasteiger partial charge in [-0.3, -0.25) is 9.59 Å². The second-order valence-corrected chi connectivity index (χ2v) is 5.64. The lowest BCUT2D eigenvalue weighted by atomic mass is 10.1. The number of anilines is 1. The fraction of sp³-hybridized carbons (Fsp3) is 0.467. The van der Waals surface area contributed by atoms with Gasteiger partial charge in [-0.25, -0.2) is 0 Å². The molecule has 0 aromatic heterocycles. The van der Waals surface area contributed by atoms with E-state index in [1.54, 1.807) is 29.2 Å². The molecule has 0 bridgehead atoms. The zero-order valence-electron chi connectivity index (χ0n) is 11.7. The zero-order valence-corrected chi connectivity index (χ0v) is 12.5. The summed E-state index contributed by atoms with van der Waals surface area (Å²) < 4.78 is 0. The summed E-state index contributed by atoms with van der Waals surface area (Å²) in [5, 5.41) is 3.40. The van der Waals surface area contributed by atoms with Crippen molar-refractivity contribution in [1.29, 1.82) is 0 Å². The van der Waals surface area contributed by atoms with Crippen molar-refractivity contribution in [2.75, 3.05) is 11.9 Å². The molecule has 20 heavy (non-hydrogen) atoms. The lowest BCUT2D eigenvalue weighted by Gasteiger charge is -2.23. The van der Waals surface area contributed by atoms with Crippen molar-refractivity contribution in [1.82, 2.24) is 4.90 Å². The number of hydrogen-bond donors (Lipinski definition) is 1. The van der Waals surface area contributed by atoms with Crippen molar-refractivity contribution in [3.8, 4) is 0 Å². The summed E-state index contributed by atoms with van der Waals surface area (Å²) in [5.74, 6) is -0.340. The van der Waals surface area contributed by atoms with E-state index in [9.17, 15) is 9.59 Å². The van der Waals surface area contributed by atoms with Crippen LogP contribution >= 0.6 is 11.6 Å². The molecule has 5 heteroatoms. The molecular weight excluding hydrogens is 276 g/mol. The van der Waals surface area contributed by atoms with Gasteiger partial charge in [-0.15, -0.1) is 0 Å². The minimum atomic E-state index is -0.282. The highest BCUT2D eigenvalue weighted by Crippen LogP contribution is 2.23. The molecule has 1 heterocycles. The van der Waals surface area contributed by atoms with Gasteiger partial charge < -0.3 is 10.2 Å². The number of amides is 2. The Balaban J connectivity index is 1.99. The van der Waals surface area contributed by atoms with Crippen LogP contribution in [0.1, 0.15) is 26.7 Å². The summed E-state index contributed by atoms with van der Waals surface area (Å²) in [6.07, 6.45) is 1.19. The van der Waals surface area contributed by atoms with Gasteiger partial charge in [0.1, 0.15) is 0 Å². The molecule has 0 spiro atoms. The highest BCUT2D eigenvalue weighted by molar-refractivity contribution is 6.30. The normalized spacial score (nSPS) is 20.1. The van der Waals surface area contributed by atoms with Crippen LogP contribution < -0.4 is 5.32 Å². The number of hydrogen-bond acceptors (Lipinski definition) is 2. The molecule has 4 nitrogen and oxygen atoms in total. The van der Waals surface area contributed by atoms with Crippen molar-refractivity contribution in [3.63, 3.8) is 0 Å². The zero-order chi connectivity index (χ0) is 14.7. The number of likely N-dealkylation sites (tertiary alicyclic amines) is 1. The minimum absolute atomic E-state index is 0.0607. The average molecular weight is 295 g/mol. The SMILES string of the molecule is CCC(C)N1CC(C(=O)Nc2cccc(Cl)c2)CC1=O. The molecular formula is C15H19ClN2O2. The molecule has 2 atom stereocenters. The molecule has 1 fully saturated rings. The van der Waals surface area contributed by atoms with E-state index in [4.69, 9.17) is 11.6 Å². The van der Waals surface area contributed by atoms with E-state index in [0.29, 0.717) is 17.3 Å². The first-order valence-electron chi connectivity index (χ1n) is 6.87. The van der Waals surface area contributed by atoms with E-state index in [1.165, 1.54) is 0 Å². The van der Waals surface area contributed by atoms with Gasteiger partial charge in [0, 0.05) is 29.7 Å². The molecule has 1 saturated heterocycles. The lowest BCUT2D eigenvalue weighted by Crippen LogP contribution is -2.35. The van der Waals surface area contributed by atoms with Crippen LogP contribution in [0.15, 0.2) is 24.3 Å². The van der Waals surface area contributed by atoms with Crippen LogP contribution in [0.25, 0.3) is 0 Å². The van der Waals surface area contributed by atoms with Crippen molar-refractivity contribution >= 4 is 29.1 Å². The first-order chi connectivity index (χ1) is 9.51. The maximum absolute atomic E-state index is 12.2. The van der Waals surface area contributed by atoms with Gasteiger partial charge in [0.2, 0.25) is 11.8 Å². The predicted octanol–water partition coefficient (Wildman–Crippen LogP) is 2.93. The molecule has 108 valence electrons. The third-order valence-corrected chi connectivity index (χ3v) is 3.98.